The maximum Gasteiger partial charge on any atom is 0.231 e. The van der Waals surface area contributed by atoms with E-state index < -0.39 is 13.1 Å². The van der Waals surface area contributed by atoms with Crippen LogP contribution in [0.15, 0.2) is 24.3 Å². The Morgan fingerprint density at radius 1 is 1.13 bits per heavy atom. The minimum absolute atomic E-state index is 0.0385. The van der Waals surface area contributed by atoms with Gasteiger partial charge in [0.1, 0.15) is 0 Å². The fourth-order valence-corrected chi connectivity index (χ4v) is 5.46. The predicted octanol–water partition coefficient (Wildman–Crippen LogP) is 5.03. The molecule has 0 bridgehead atoms. The summed E-state index contributed by atoms with van der Waals surface area (Å²) >= 11 is 0. The molecule has 3 aliphatic heterocycles. The zero-order valence-electron chi connectivity index (χ0n) is 21.0. The smallest absolute Gasteiger partial charge is 0.231 e. The van der Waals surface area contributed by atoms with E-state index in [0.29, 0.717) is 23.6 Å². The number of benzene rings is 2. The van der Waals surface area contributed by atoms with Gasteiger partial charge in [-0.3, -0.25) is 0 Å². The quantitative estimate of drug-likeness (QED) is 0.711. The summed E-state index contributed by atoms with van der Waals surface area (Å²) in [6.07, 6.45) is 6.73. The lowest BCUT2D eigenvalue weighted by molar-refractivity contribution is 0.174. The second kappa shape index (κ2) is 6.86. The highest BCUT2D eigenvalue weighted by atomic mass is 16.7. The second-order valence-electron chi connectivity index (χ2n) is 8.32. The van der Waals surface area contributed by atoms with E-state index in [-0.39, 0.29) is 18.5 Å². The molecule has 4 aliphatic rings. The van der Waals surface area contributed by atoms with E-state index in [1.165, 1.54) is 7.11 Å². The number of methoxy groups -OCH3 is 2. The van der Waals surface area contributed by atoms with Gasteiger partial charge in [-0.2, -0.15) is 0 Å². The van der Waals surface area contributed by atoms with Crippen molar-refractivity contribution in [2.75, 3.05) is 27.5 Å². The van der Waals surface area contributed by atoms with Crippen LogP contribution in [0.2, 0.25) is 0 Å². The highest BCUT2D eigenvalue weighted by Crippen LogP contribution is 2.54. The topological polar surface area (TPSA) is 40.2 Å². The van der Waals surface area contributed by atoms with Crippen LogP contribution in [0.1, 0.15) is 59.4 Å². The molecule has 30 heavy (non-hydrogen) atoms. The molecule has 0 N–H and O–H groups in total. The third-order valence-electron chi connectivity index (χ3n) is 6.83. The molecule has 0 amide bonds. The molecule has 5 nitrogen and oxygen atoms in total. The van der Waals surface area contributed by atoms with Crippen LogP contribution in [0.5, 0.6) is 23.0 Å². The Morgan fingerprint density at radius 3 is 2.77 bits per heavy atom. The van der Waals surface area contributed by atoms with Gasteiger partial charge in [0.05, 0.1) is 25.6 Å². The molecular formula is C25H27NO4. The molecule has 1 saturated carbocycles. The highest BCUT2D eigenvalue weighted by Gasteiger charge is 2.41. The number of fused-ring (bicyclic) bond motifs is 5. The Bertz CT molecular complexity index is 1190. The fourth-order valence-electron chi connectivity index (χ4n) is 5.46. The Balaban J connectivity index is 1.60. The van der Waals surface area contributed by atoms with E-state index >= 15 is 0 Å². The van der Waals surface area contributed by atoms with Gasteiger partial charge in [0.25, 0.3) is 0 Å². The molecule has 0 unspecified atom stereocenters. The number of hydrogen-bond acceptors (Lipinski definition) is 5. The Hall–Kier alpha value is -2.82. The van der Waals surface area contributed by atoms with Gasteiger partial charge >= 0.3 is 0 Å². The van der Waals surface area contributed by atoms with Gasteiger partial charge in [0, 0.05) is 23.4 Å². The minimum Gasteiger partial charge on any atom is -0.493 e. The fraction of sp³-hybridized carbons (Fsp3) is 0.440. The largest absolute Gasteiger partial charge is 0.493 e. The van der Waals surface area contributed by atoms with Gasteiger partial charge in [-0.05, 0) is 60.6 Å². The summed E-state index contributed by atoms with van der Waals surface area (Å²) in [6.45, 7) is 0.853. The monoisotopic (exact) mass is 409 g/mol. The van der Waals surface area contributed by atoms with Crippen molar-refractivity contribution < 1.29 is 24.4 Å². The summed E-state index contributed by atoms with van der Waals surface area (Å²) < 4.78 is 55.7. The van der Waals surface area contributed by atoms with Crippen LogP contribution in [0.25, 0.3) is 11.8 Å². The number of ether oxygens (including phenoxy) is 4. The molecule has 1 fully saturated rings. The van der Waals surface area contributed by atoms with Crippen LogP contribution < -0.4 is 18.9 Å². The molecule has 6 rings (SSSR count). The lowest BCUT2D eigenvalue weighted by Crippen LogP contribution is -2.38. The van der Waals surface area contributed by atoms with Crippen LogP contribution >= 0.6 is 0 Å². The van der Waals surface area contributed by atoms with Crippen LogP contribution in [0, 0.1) is 5.92 Å². The first-order valence-corrected chi connectivity index (χ1v) is 10.6. The molecule has 3 heterocycles. The molecule has 0 spiro atoms. The molecule has 156 valence electrons. The van der Waals surface area contributed by atoms with Crippen LogP contribution in [0.3, 0.4) is 0 Å². The second-order valence-corrected chi connectivity index (χ2v) is 8.32. The van der Waals surface area contributed by atoms with Gasteiger partial charge in [-0.1, -0.05) is 18.9 Å². The van der Waals surface area contributed by atoms with E-state index in [2.05, 4.69) is 4.90 Å². The maximum absolute atomic E-state index is 10.0. The summed E-state index contributed by atoms with van der Waals surface area (Å²) in [7, 11) is -1.16. The predicted molar refractivity (Wildman–Crippen MR) is 115 cm³/mol. The van der Waals surface area contributed by atoms with Crippen molar-refractivity contribution in [1.82, 2.24) is 4.90 Å². The molecule has 0 radical (unpaired) electrons. The average molecular weight is 410 g/mol. The average Bonchev–Trinajstić information content (AvgIpc) is 3.49. The van der Waals surface area contributed by atoms with Crippen molar-refractivity contribution in [3.63, 3.8) is 0 Å². The minimum atomic E-state index is -2.66. The lowest BCUT2D eigenvalue weighted by Gasteiger charge is -2.46. The van der Waals surface area contributed by atoms with E-state index in [9.17, 15) is 1.37 Å². The standard InChI is InChI=1S/C25H27NO4/c1-27-20-8-7-17-11-19-18-13-22-21(29-14-30-22)12-16(18)9-10-26(19)24(15-5-3-4-6-15)23(17)25(20)28-2/h7-8,11-13,15,24H,3-6,9-10,14H2,1-2H3/t24-/m1/s1/i2D3,24D. The van der Waals surface area contributed by atoms with Crippen LogP contribution in [-0.2, 0) is 6.42 Å². The summed E-state index contributed by atoms with van der Waals surface area (Å²) in [5.74, 6) is 1.99. The maximum atomic E-state index is 10.0. The van der Waals surface area contributed by atoms with Gasteiger partial charge in [0.2, 0.25) is 6.79 Å². The Morgan fingerprint density at radius 2 is 1.97 bits per heavy atom. The first kappa shape index (κ1) is 14.2. The van der Waals surface area contributed by atoms with Crippen LogP contribution in [0.4, 0.5) is 0 Å². The van der Waals surface area contributed by atoms with Gasteiger partial charge < -0.3 is 23.8 Å². The molecule has 2 aromatic carbocycles. The van der Waals surface area contributed by atoms with Gasteiger partial charge in [-0.15, -0.1) is 0 Å². The van der Waals surface area contributed by atoms with E-state index in [1.807, 2.05) is 24.3 Å². The third-order valence-corrected chi connectivity index (χ3v) is 6.83. The molecule has 0 aromatic heterocycles. The molecule has 0 saturated heterocycles. The Kier molecular flexibility index (Phi) is 3.26. The van der Waals surface area contributed by atoms with Crippen molar-refractivity contribution in [1.29, 1.82) is 0 Å². The van der Waals surface area contributed by atoms with E-state index in [0.717, 1.165) is 60.2 Å². The SMILES string of the molecule is [2H]C([2H])([2H])Oc1c(OC)ccc2c1[C@@]([2H])(C1CCCC1)N1CCc3cc4c(cc3C1=C2)OCO4. The molecule has 1 atom stereocenters. The number of nitrogens with zero attached hydrogens (tertiary/aromatic N) is 1. The summed E-state index contributed by atoms with van der Waals surface area (Å²) in [4.78, 5) is 2.14. The van der Waals surface area contributed by atoms with E-state index in [1.54, 1.807) is 6.07 Å². The van der Waals surface area contributed by atoms with Gasteiger partial charge in [0.15, 0.2) is 23.0 Å². The zero-order valence-corrected chi connectivity index (χ0v) is 17.0. The summed E-state index contributed by atoms with van der Waals surface area (Å²) in [5.41, 5.74) is 4.53. The van der Waals surface area contributed by atoms with Crippen molar-refractivity contribution in [3.05, 3.63) is 46.5 Å². The number of rotatable bonds is 3. The van der Waals surface area contributed by atoms with Crippen molar-refractivity contribution in [3.8, 4) is 23.0 Å². The van der Waals surface area contributed by atoms with Gasteiger partial charge in [-0.25, -0.2) is 0 Å². The van der Waals surface area contributed by atoms with E-state index in [4.69, 9.17) is 23.1 Å². The molecule has 5 heteroatoms. The summed E-state index contributed by atoms with van der Waals surface area (Å²) in [6, 6.07) is 6.51. The first-order valence-electron chi connectivity index (χ1n) is 12.6. The normalized spacial score (nSPS) is 26.4. The molecule has 1 aliphatic carbocycles. The van der Waals surface area contributed by atoms with Crippen molar-refractivity contribution in [2.24, 2.45) is 5.92 Å². The third kappa shape index (κ3) is 2.54. The Labute approximate surface area is 182 Å². The first-order chi connectivity index (χ1) is 16.3. The highest BCUT2D eigenvalue weighted by molar-refractivity contribution is 5.88. The van der Waals surface area contributed by atoms with Crippen molar-refractivity contribution >= 4 is 11.8 Å². The molecular weight excluding hydrogens is 378 g/mol. The van der Waals surface area contributed by atoms with Crippen molar-refractivity contribution in [2.45, 2.75) is 38.1 Å². The molecule has 2 aromatic rings. The summed E-state index contributed by atoms with van der Waals surface area (Å²) in [5, 5.41) is 0. The zero-order chi connectivity index (χ0) is 23.7. The lowest BCUT2D eigenvalue weighted by atomic mass is 9.80. The van der Waals surface area contributed by atoms with Crippen LogP contribution in [-0.4, -0.2) is 32.4 Å². The number of hydrogen-bond donors (Lipinski definition) is 0.